The van der Waals surface area contributed by atoms with Gasteiger partial charge >= 0.3 is 0 Å². The Bertz CT molecular complexity index is 3320. The van der Waals surface area contributed by atoms with E-state index < -0.39 is 0 Å². The van der Waals surface area contributed by atoms with E-state index in [4.69, 9.17) is 0 Å². The maximum atomic E-state index is 4.31. The van der Waals surface area contributed by atoms with Crippen LogP contribution in [0.15, 0.2) is 182 Å². The van der Waals surface area contributed by atoms with Crippen LogP contribution in [-0.4, -0.2) is 14.1 Å². The molecule has 1 unspecified atom stereocenters. The third-order valence-corrected chi connectivity index (χ3v) is 13.4. The zero-order chi connectivity index (χ0) is 40.1. The van der Waals surface area contributed by atoms with Crippen LogP contribution in [0.25, 0.3) is 94.7 Å². The molecule has 0 aliphatic heterocycles. The summed E-state index contributed by atoms with van der Waals surface area (Å²) in [6.45, 7) is 7.10. The molecule has 0 amide bonds. The quantitative estimate of drug-likeness (QED) is 0.171. The number of rotatable bonds is 5. The highest BCUT2D eigenvalue weighted by Crippen LogP contribution is 2.50. The molecule has 0 spiro atoms. The van der Waals surface area contributed by atoms with E-state index in [1.165, 1.54) is 94.2 Å². The van der Waals surface area contributed by atoms with Crippen LogP contribution < -0.4 is 0 Å². The van der Waals surface area contributed by atoms with Crippen LogP contribution in [0.1, 0.15) is 55.5 Å². The van der Waals surface area contributed by atoms with Gasteiger partial charge in [0, 0.05) is 62.5 Å². The standard InChI is InChI=1S/C57H43N3/c1-36-12-11-17-47-50-34-40(21-25-55(50)60(56(36)47)43-22-23-52-48(35-43)45-15-7-9-18-51(45)57(52,2)3)39-20-24-54-49(33-39)46-16-8-10-19-53(46)59(54)44-31-41(37-13-5-4-6-14-37)30-42(32-44)38-26-28-58-29-27-38/h4-11,13-36H,12H2,1-3H3. The van der Waals surface area contributed by atoms with Crippen molar-refractivity contribution in [2.75, 3.05) is 0 Å². The molecule has 3 heteroatoms. The second-order valence-corrected chi connectivity index (χ2v) is 17.3. The second-order valence-electron chi connectivity index (χ2n) is 17.3. The number of hydrogen-bond donors (Lipinski definition) is 0. The van der Waals surface area contributed by atoms with Gasteiger partial charge in [0.2, 0.25) is 0 Å². The highest BCUT2D eigenvalue weighted by Gasteiger charge is 2.35. The normalized spacial score (nSPS) is 15.1. The molecule has 7 aromatic carbocycles. The van der Waals surface area contributed by atoms with Crippen molar-refractivity contribution in [2.24, 2.45) is 0 Å². The Labute approximate surface area is 350 Å². The van der Waals surface area contributed by atoms with Gasteiger partial charge < -0.3 is 9.13 Å². The Hall–Kier alpha value is -7.23. The van der Waals surface area contributed by atoms with Gasteiger partial charge in [-0.2, -0.15) is 0 Å². The lowest BCUT2D eigenvalue weighted by Crippen LogP contribution is -2.15. The number of allylic oxidation sites excluding steroid dienone is 1. The first-order valence-corrected chi connectivity index (χ1v) is 21.2. The largest absolute Gasteiger partial charge is 0.313 e. The molecule has 12 rings (SSSR count). The summed E-state index contributed by atoms with van der Waals surface area (Å²) >= 11 is 0. The lowest BCUT2D eigenvalue weighted by atomic mass is 9.82. The molecule has 0 saturated carbocycles. The fraction of sp³-hybridized carbons (Fsp3) is 0.105. The first kappa shape index (κ1) is 34.8. The lowest BCUT2D eigenvalue weighted by molar-refractivity contribution is 0.660. The van der Waals surface area contributed by atoms with E-state index in [-0.39, 0.29) is 5.41 Å². The zero-order valence-electron chi connectivity index (χ0n) is 34.0. The number of hydrogen-bond acceptors (Lipinski definition) is 1. The Kier molecular flexibility index (Phi) is 7.62. The highest BCUT2D eigenvalue weighted by atomic mass is 15.0. The Balaban J connectivity index is 1.02. The van der Waals surface area contributed by atoms with Crippen LogP contribution >= 0.6 is 0 Å². The predicted octanol–water partition coefficient (Wildman–Crippen LogP) is 15.0. The average Bonchev–Trinajstić information content (AvgIpc) is 3.90. The van der Waals surface area contributed by atoms with Crippen LogP contribution in [0.4, 0.5) is 0 Å². The third-order valence-electron chi connectivity index (χ3n) is 13.4. The fourth-order valence-electron chi connectivity index (χ4n) is 10.5. The lowest BCUT2D eigenvalue weighted by Gasteiger charge is -2.22. The number of benzene rings is 7. The average molecular weight is 770 g/mol. The minimum absolute atomic E-state index is 0.0177. The summed E-state index contributed by atoms with van der Waals surface area (Å²) in [6.07, 6.45) is 9.51. The fourth-order valence-corrected chi connectivity index (χ4v) is 10.5. The number of para-hydroxylation sites is 1. The summed E-state index contributed by atoms with van der Waals surface area (Å²) in [6, 6.07) is 60.9. The van der Waals surface area contributed by atoms with Crippen molar-refractivity contribution < 1.29 is 0 Å². The molecule has 1 atom stereocenters. The van der Waals surface area contributed by atoms with E-state index in [0.29, 0.717) is 5.92 Å². The van der Waals surface area contributed by atoms with E-state index in [1.807, 2.05) is 12.4 Å². The molecule has 2 aliphatic carbocycles. The summed E-state index contributed by atoms with van der Waals surface area (Å²) in [5.74, 6) is 0.403. The van der Waals surface area contributed by atoms with Gasteiger partial charge in [-0.15, -0.1) is 0 Å². The third kappa shape index (κ3) is 5.18. The van der Waals surface area contributed by atoms with Gasteiger partial charge in [-0.25, -0.2) is 0 Å². The zero-order valence-corrected chi connectivity index (χ0v) is 34.0. The minimum atomic E-state index is -0.0177. The molecular weight excluding hydrogens is 727 g/mol. The van der Waals surface area contributed by atoms with Crippen LogP contribution in [-0.2, 0) is 5.41 Å². The van der Waals surface area contributed by atoms with Gasteiger partial charge in [0.1, 0.15) is 0 Å². The number of aromatic nitrogens is 3. The Morgan fingerprint density at radius 3 is 1.93 bits per heavy atom. The summed E-state index contributed by atoms with van der Waals surface area (Å²) in [4.78, 5) is 4.31. The number of pyridine rings is 1. The Morgan fingerprint density at radius 2 is 1.13 bits per heavy atom. The first-order valence-electron chi connectivity index (χ1n) is 21.2. The van der Waals surface area contributed by atoms with Crippen molar-refractivity contribution in [1.82, 2.24) is 14.1 Å². The van der Waals surface area contributed by atoms with E-state index in [9.17, 15) is 0 Å². The number of nitrogens with zero attached hydrogens (tertiary/aromatic N) is 3. The summed E-state index contributed by atoms with van der Waals surface area (Å²) in [7, 11) is 0. The summed E-state index contributed by atoms with van der Waals surface area (Å²) in [5, 5.41) is 3.79. The molecule has 0 saturated heterocycles. The highest BCUT2D eigenvalue weighted by molar-refractivity contribution is 6.11. The van der Waals surface area contributed by atoms with Crippen molar-refractivity contribution >= 4 is 38.8 Å². The molecular formula is C57H43N3. The minimum Gasteiger partial charge on any atom is -0.313 e. The van der Waals surface area contributed by atoms with Gasteiger partial charge in [-0.05, 0) is 135 Å². The number of fused-ring (bicyclic) bond motifs is 9. The molecule has 0 bridgehead atoms. The van der Waals surface area contributed by atoms with Crippen molar-refractivity contribution in [1.29, 1.82) is 0 Å². The van der Waals surface area contributed by atoms with Gasteiger partial charge in [0.05, 0.1) is 16.6 Å². The molecule has 286 valence electrons. The van der Waals surface area contributed by atoms with Crippen molar-refractivity contribution in [2.45, 2.75) is 38.5 Å². The molecule has 0 radical (unpaired) electrons. The second kappa shape index (κ2) is 13.1. The molecule has 2 aliphatic rings. The van der Waals surface area contributed by atoms with Gasteiger partial charge in [-0.1, -0.05) is 124 Å². The molecule has 0 N–H and O–H groups in total. The van der Waals surface area contributed by atoms with Crippen molar-refractivity contribution in [3.05, 3.63) is 205 Å². The van der Waals surface area contributed by atoms with E-state index in [0.717, 1.165) is 23.2 Å². The van der Waals surface area contributed by atoms with Gasteiger partial charge in [-0.3, -0.25) is 4.98 Å². The van der Waals surface area contributed by atoms with Crippen LogP contribution in [0.5, 0.6) is 0 Å². The maximum Gasteiger partial charge on any atom is 0.0541 e. The molecule has 3 aromatic heterocycles. The monoisotopic (exact) mass is 769 g/mol. The smallest absolute Gasteiger partial charge is 0.0541 e. The van der Waals surface area contributed by atoms with Crippen LogP contribution in [0.3, 0.4) is 0 Å². The SMILES string of the molecule is CC1CC=Cc2c1n(-c1ccc3c(c1)-c1ccccc1C3(C)C)c1ccc(-c3ccc4c(c3)c3ccccc3n4-c3cc(-c4ccccc4)cc(-c4ccncc4)c3)cc21. The predicted molar refractivity (Wildman–Crippen MR) is 251 cm³/mol. The van der Waals surface area contributed by atoms with Crippen LogP contribution in [0, 0.1) is 0 Å². The van der Waals surface area contributed by atoms with Crippen molar-refractivity contribution in [3.63, 3.8) is 0 Å². The van der Waals surface area contributed by atoms with Gasteiger partial charge in [0.25, 0.3) is 0 Å². The van der Waals surface area contributed by atoms with E-state index >= 15 is 0 Å². The Morgan fingerprint density at radius 1 is 0.483 bits per heavy atom. The molecule has 60 heavy (non-hydrogen) atoms. The molecule has 0 fully saturated rings. The molecule has 3 nitrogen and oxygen atoms in total. The topological polar surface area (TPSA) is 22.8 Å². The van der Waals surface area contributed by atoms with Crippen LogP contribution in [0.2, 0.25) is 0 Å². The molecule has 3 heterocycles. The maximum absolute atomic E-state index is 4.31. The summed E-state index contributed by atoms with van der Waals surface area (Å²) < 4.78 is 4.99. The first-order chi connectivity index (χ1) is 29.4. The van der Waals surface area contributed by atoms with E-state index in [1.54, 1.807) is 0 Å². The van der Waals surface area contributed by atoms with Crippen molar-refractivity contribution in [3.8, 4) is 55.9 Å². The van der Waals surface area contributed by atoms with E-state index in [2.05, 4.69) is 211 Å². The summed E-state index contributed by atoms with van der Waals surface area (Å²) in [5.41, 5.74) is 21.4. The van der Waals surface area contributed by atoms with Gasteiger partial charge in [0.15, 0.2) is 0 Å². The molecule has 10 aromatic rings.